The summed E-state index contributed by atoms with van der Waals surface area (Å²) in [6, 6.07) is 4.34. The fraction of sp³-hybridized carbons (Fsp3) is 0.462. The van der Waals surface area contributed by atoms with Gasteiger partial charge >= 0.3 is 5.76 Å². The summed E-state index contributed by atoms with van der Waals surface area (Å²) in [5.41, 5.74) is 0.474. The van der Waals surface area contributed by atoms with Crippen molar-refractivity contribution in [3.63, 3.8) is 0 Å². The Morgan fingerprint density at radius 2 is 1.81 bits per heavy atom. The number of hydrogen-bond acceptors (Lipinski definition) is 4. The average Bonchev–Trinajstić information content (AvgIpc) is 2.45. The molecule has 0 saturated carbocycles. The molecule has 0 aliphatic rings. The van der Waals surface area contributed by atoms with E-state index in [1.54, 1.807) is 6.92 Å². The van der Waals surface area contributed by atoms with Gasteiger partial charge in [-0.15, -0.1) is 0 Å². The number of sulfone groups is 1. The molecule has 118 valence electrons. The van der Waals surface area contributed by atoms with E-state index >= 15 is 0 Å². The van der Waals surface area contributed by atoms with Gasteiger partial charge in [0.15, 0.2) is 0 Å². The molecule has 1 unspecified atom stereocenters. The molecule has 1 rings (SSSR count). The minimum absolute atomic E-state index is 0.193. The molecule has 5 nitrogen and oxygen atoms in total. The third-order valence-electron chi connectivity index (χ3n) is 2.74. The van der Waals surface area contributed by atoms with E-state index in [1.807, 2.05) is 6.92 Å². The first kappa shape index (κ1) is 17.4. The summed E-state index contributed by atoms with van der Waals surface area (Å²) < 4.78 is 47.3. The fourth-order valence-electron chi connectivity index (χ4n) is 1.56. The number of benzene rings is 1. The highest BCUT2D eigenvalue weighted by Crippen LogP contribution is 2.20. The van der Waals surface area contributed by atoms with Crippen LogP contribution in [0.25, 0.3) is 0 Å². The minimum atomic E-state index is -4.59. The highest BCUT2D eigenvalue weighted by molar-refractivity contribution is 7.91. The number of carbonyl (C=O) groups excluding carboxylic acids is 1. The Labute approximate surface area is 122 Å². The maximum absolute atomic E-state index is 12.4. The van der Waals surface area contributed by atoms with Crippen molar-refractivity contribution in [2.75, 3.05) is 11.9 Å². The summed E-state index contributed by atoms with van der Waals surface area (Å²) >= 11 is 0. The van der Waals surface area contributed by atoms with Gasteiger partial charge in [-0.2, -0.15) is 8.78 Å². The van der Waals surface area contributed by atoms with E-state index in [2.05, 4.69) is 10.6 Å². The van der Waals surface area contributed by atoms with Crippen LogP contribution in [0.15, 0.2) is 29.2 Å². The zero-order valence-corrected chi connectivity index (χ0v) is 12.6. The Bertz CT molecular complexity index is 574. The van der Waals surface area contributed by atoms with Crippen molar-refractivity contribution in [2.45, 2.75) is 37.0 Å². The van der Waals surface area contributed by atoms with Gasteiger partial charge in [-0.25, -0.2) is 8.42 Å². The molecule has 0 saturated heterocycles. The van der Waals surface area contributed by atoms with Crippen molar-refractivity contribution in [3.8, 4) is 0 Å². The van der Waals surface area contributed by atoms with Gasteiger partial charge in [-0.3, -0.25) is 4.79 Å². The topological polar surface area (TPSA) is 75.3 Å². The smallest absolute Gasteiger partial charge is 0.341 e. The lowest BCUT2D eigenvalue weighted by atomic mass is 10.2. The SMILES string of the molecule is CCCNC(=O)C(C)Nc1ccc(S(=O)(=O)C(F)F)cc1. The number of rotatable bonds is 7. The molecule has 0 fully saturated rings. The van der Waals surface area contributed by atoms with Crippen molar-refractivity contribution in [2.24, 2.45) is 0 Å². The Morgan fingerprint density at radius 1 is 1.24 bits per heavy atom. The predicted molar refractivity (Wildman–Crippen MR) is 76.0 cm³/mol. The molecule has 0 aromatic heterocycles. The first-order chi connectivity index (χ1) is 9.78. The van der Waals surface area contributed by atoms with Crippen molar-refractivity contribution in [3.05, 3.63) is 24.3 Å². The van der Waals surface area contributed by atoms with E-state index in [9.17, 15) is 22.0 Å². The largest absolute Gasteiger partial charge is 0.374 e. The number of carbonyl (C=O) groups is 1. The molecule has 0 bridgehead atoms. The van der Waals surface area contributed by atoms with Crippen LogP contribution < -0.4 is 10.6 Å². The number of amides is 1. The second kappa shape index (κ2) is 7.35. The third-order valence-corrected chi connectivity index (χ3v) is 4.14. The molecule has 0 radical (unpaired) electrons. The number of halogens is 2. The number of hydrogen-bond donors (Lipinski definition) is 2. The first-order valence-electron chi connectivity index (χ1n) is 6.45. The van der Waals surface area contributed by atoms with Crippen LogP contribution in [0.4, 0.5) is 14.5 Å². The normalized spacial score (nSPS) is 13.0. The molecule has 21 heavy (non-hydrogen) atoms. The third kappa shape index (κ3) is 4.66. The van der Waals surface area contributed by atoms with Crippen molar-refractivity contribution >= 4 is 21.4 Å². The number of anilines is 1. The van der Waals surface area contributed by atoms with Gasteiger partial charge in [0.25, 0.3) is 0 Å². The van der Waals surface area contributed by atoms with Crippen molar-refractivity contribution < 1.29 is 22.0 Å². The Hall–Kier alpha value is -1.70. The van der Waals surface area contributed by atoms with Crippen LogP contribution in [0.2, 0.25) is 0 Å². The van der Waals surface area contributed by atoms with Crippen molar-refractivity contribution in [1.29, 1.82) is 0 Å². The highest BCUT2D eigenvalue weighted by Gasteiger charge is 2.26. The molecule has 1 amide bonds. The second-order valence-electron chi connectivity index (χ2n) is 4.49. The Morgan fingerprint density at radius 3 is 2.29 bits per heavy atom. The van der Waals surface area contributed by atoms with Crippen LogP contribution in [0.3, 0.4) is 0 Å². The van der Waals surface area contributed by atoms with E-state index < -0.39 is 26.5 Å². The van der Waals surface area contributed by atoms with Crippen LogP contribution in [0.5, 0.6) is 0 Å². The number of nitrogens with one attached hydrogen (secondary N) is 2. The maximum atomic E-state index is 12.4. The van der Waals surface area contributed by atoms with E-state index in [-0.39, 0.29) is 5.91 Å². The van der Waals surface area contributed by atoms with E-state index in [1.165, 1.54) is 12.1 Å². The summed E-state index contributed by atoms with van der Waals surface area (Å²) in [6.07, 6.45) is 0.818. The summed E-state index contributed by atoms with van der Waals surface area (Å²) in [6.45, 7) is 4.14. The van der Waals surface area contributed by atoms with Crippen LogP contribution in [-0.2, 0) is 14.6 Å². The molecule has 1 aromatic carbocycles. The van der Waals surface area contributed by atoms with Crippen LogP contribution in [0, 0.1) is 0 Å². The fourth-order valence-corrected chi connectivity index (χ4v) is 2.28. The zero-order chi connectivity index (χ0) is 16.0. The summed E-state index contributed by atoms with van der Waals surface area (Å²) in [4.78, 5) is 11.2. The van der Waals surface area contributed by atoms with Gasteiger partial charge in [0, 0.05) is 12.2 Å². The summed E-state index contributed by atoms with van der Waals surface area (Å²) in [5.74, 6) is -3.64. The predicted octanol–water partition coefficient (Wildman–Crippen LogP) is 2.01. The molecule has 1 atom stereocenters. The van der Waals surface area contributed by atoms with Crippen LogP contribution in [0.1, 0.15) is 20.3 Å². The lowest BCUT2D eigenvalue weighted by Crippen LogP contribution is -2.37. The van der Waals surface area contributed by atoms with E-state index in [4.69, 9.17) is 0 Å². The van der Waals surface area contributed by atoms with Crippen LogP contribution in [-0.4, -0.2) is 32.7 Å². The second-order valence-corrected chi connectivity index (χ2v) is 6.40. The maximum Gasteiger partial charge on any atom is 0.341 e. The minimum Gasteiger partial charge on any atom is -0.374 e. The molecule has 0 aliphatic carbocycles. The van der Waals surface area contributed by atoms with Gasteiger partial charge in [0.1, 0.15) is 6.04 Å². The summed E-state index contributed by atoms with van der Waals surface area (Å²) in [7, 11) is -4.59. The molecule has 2 N–H and O–H groups in total. The molecular weight excluding hydrogens is 302 g/mol. The molecule has 8 heteroatoms. The molecule has 0 aliphatic heterocycles. The van der Waals surface area contributed by atoms with Gasteiger partial charge < -0.3 is 10.6 Å². The van der Waals surface area contributed by atoms with E-state index in [0.717, 1.165) is 18.6 Å². The van der Waals surface area contributed by atoms with Gasteiger partial charge in [-0.05, 0) is 37.6 Å². The molecule has 1 aromatic rings. The quantitative estimate of drug-likeness (QED) is 0.806. The Balaban J connectivity index is 2.73. The average molecular weight is 320 g/mol. The Kier molecular flexibility index (Phi) is 6.07. The van der Waals surface area contributed by atoms with Gasteiger partial charge in [-0.1, -0.05) is 6.92 Å². The van der Waals surface area contributed by atoms with Gasteiger partial charge in [0.2, 0.25) is 15.7 Å². The molecule has 0 heterocycles. The van der Waals surface area contributed by atoms with Crippen molar-refractivity contribution in [1.82, 2.24) is 5.32 Å². The van der Waals surface area contributed by atoms with Crippen LogP contribution >= 0.6 is 0 Å². The van der Waals surface area contributed by atoms with E-state index in [0.29, 0.717) is 12.2 Å². The lowest BCUT2D eigenvalue weighted by Gasteiger charge is -2.15. The zero-order valence-electron chi connectivity index (χ0n) is 11.8. The van der Waals surface area contributed by atoms with Gasteiger partial charge in [0.05, 0.1) is 4.90 Å². The molecular formula is C13H18F2N2O3S. The first-order valence-corrected chi connectivity index (χ1v) is 8.00. The standard InChI is InChI=1S/C13H18F2N2O3S/c1-3-8-16-12(18)9(2)17-10-4-6-11(7-5-10)21(19,20)13(14)15/h4-7,9,13,17H,3,8H2,1-2H3,(H,16,18). The monoisotopic (exact) mass is 320 g/mol. The number of alkyl halides is 2. The highest BCUT2D eigenvalue weighted by atomic mass is 32.2. The summed E-state index contributed by atoms with van der Waals surface area (Å²) in [5, 5.41) is 5.57. The lowest BCUT2D eigenvalue weighted by molar-refractivity contribution is -0.121. The molecule has 0 spiro atoms.